The van der Waals surface area contributed by atoms with Gasteiger partial charge in [-0.25, -0.2) is 8.42 Å². The molecule has 2 heterocycles. The number of hydrogen-bond donors (Lipinski definition) is 1. The molecule has 2 rings (SSSR count). The van der Waals surface area contributed by atoms with E-state index in [1.807, 2.05) is 0 Å². The Morgan fingerprint density at radius 2 is 2.08 bits per heavy atom. The second-order valence-electron chi connectivity index (χ2n) is 4.36. The highest BCUT2D eigenvalue weighted by Crippen LogP contribution is 2.38. The van der Waals surface area contributed by atoms with E-state index >= 15 is 0 Å². The van der Waals surface area contributed by atoms with Crippen LogP contribution in [-0.2, 0) is 9.84 Å². The molecule has 0 amide bonds. The average Bonchev–Trinajstić information content (AvgIpc) is 2.25. The van der Waals surface area contributed by atoms with Gasteiger partial charge in [0.15, 0.2) is 9.84 Å². The Kier molecular flexibility index (Phi) is 1.74. The van der Waals surface area contributed by atoms with Crippen molar-refractivity contribution in [1.29, 1.82) is 0 Å². The van der Waals surface area contributed by atoms with Crippen LogP contribution in [0.3, 0.4) is 0 Å². The molecule has 0 aliphatic carbocycles. The molecule has 70 valence electrons. The maximum absolute atomic E-state index is 11.2. The zero-order valence-electron chi connectivity index (χ0n) is 7.34. The summed E-state index contributed by atoms with van der Waals surface area (Å²) in [6.07, 6.45) is 0.876. The van der Waals surface area contributed by atoms with E-state index in [4.69, 9.17) is 0 Å². The predicted octanol–water partition coefficient (Wildman–Crippen LogP) is 0.0306. The van der Waals surface area contributed by atoms with Crippen molar-refractivity contribution in [1.82, 2.24) is 5.32 Å². The maximum Gasteiger partial charge on any atom is 0.150 e. The van der Waals surface area contributed by atoms with E-state index in [0.29, 0.717) is 17.4 Å². The van der Waals surface area contributed by atoms with E-state index in [2.05, 4.69) is 12.2 Å². The fourth-order valence-electron chi connectivity index (χ4n) is 2.15. The van der Waals surface area contributed by atoms with E-state index < -0.39 is 9.84 Å². The number of nitrogens with one attached hydrogen (secondary N) is 1. The lowest BCUT2D eigenvalue weighted by Crippen LogP contribution is -2.55. The highest BCUT2D eigenvalue weighted by molar-refractivity contribution is 7.91. The van der Waals surface area contributed by atoms with E-state index in [1.165, 1.54) is 0 Å². The molecule has 2 fully saturated rings. The molecule has 0 spiro atoms. The molecule has 0 aromatic carbocycles. The van der Waals surface area contributed by atoms with Crippen molar-refractivity contribution in [2.45, 2.75) is 13.3 Å². The molecule has 0 aromatic heterocycles. The topological polar surface area (TPSA) is 46.2 Å². The monoisotopic (exact) mass is 189 g/mol. The standard InChI is InChI=1S/C8H15NO2S/c1-8(5-9-6-8)7-2-3-12(10,11)4-7/h7,9H,2-6H2,1H3. The van der Waals surface area contributed by atoms with Gasteiger partial charge in [0.2, 0.25) is 0 Å². The minimum atomic E-state index is -2.68. The largest absolute Gasteiger partial charge is 0.316 e. The first-order valence-electron chi connectivity index (χ1n) is 4.43. The molecule has 12 heavy (non-hydrogen) atoms. The first-order valence-corrected chi connectivity index (χ1v) is 6.25. The van der Waals surface area contributed by atoms with Gasteiger partial charge in [0.25, 0.3) is 0 Å². The first kappa shape index (κ1) is 8.51. The minimum Gasteiger partial charge on any atom is -0.316 e. The summed E-state index contributed by atoms with van der Waals surface area (Å²) in [4.78, 5) is 0. The smallest absolute Gasteiger partial charge is 0.150 e. The summed E-state index contributed by atoms with van der Waals surface area (Å²) in [5.74, 6) is 1.24. The summed E-state index contributed by atoms with van der Waals surface area (Å²) in [5.41, 5.74) is 0.267. The van der Waals surface area contributed by atoms with Crippen LogP contribution in [-0.4, -0.2) is 33.0 Å². The molecule has 1 unspecified atom stereocenters. The average molecular weight is 189 g/mol. The van der Waals surface area contributed by atoms with Gasteiger partial charge in [-0.1, -0.05) is 6.92 Å². The Bertz CT molecular complexity index is 279. The molecule has 4 heteroatoms. The quantitative estimate of drug-likeness (QED) is 0.633. The third kappa shape index (κ3) is 1.27. The molecular formula is C8H15NO2S. The lowest BCUT2D eigenvalue weighted by atomic mass is 9.72. The highest BCUT2D eigenvalue weighted by Gasteiger charge is 2.44. The van der Waals surface area contributed by atoms with Gasteiger partial charge in [0, 0.05) is 13.1 Å². The van der Waals surface area contributed by atoms with Crippen LogP contribution in [0.2, 0.25) is 0 Å². The summed E-state index contributed by atoms with van der Waals surface area (Å²) in [7, 11) is -2.68. The zero-order valence-corrected chi connectivity index (χ0v) is 8.15. The Balaban J connectivity index is 2.08. The van der Waals surface area contributed by atoms with Gasteiger partial charge in [-0.3, -0.25) is 0 Å². The van der Waals surface area contributed by atoms with Gasteiger partial charge in [-0.05, 0) is 17.8 Å². The van der Waals surface area contributed by atoms with Crippen molar-refractivity contribution in [2.75, 3.05) is 24.6 Å². The van der Waals surface area contributed by atoms with Crippen molar-refractivity contribution >= 4 is 9.84 Å². The summed E-state index contributed by atoms with van der Waals surface area (Å²) >= 11 is 0. The van der Waals surface area contributed by atoms with Crippen LogP contribution < -0.4 is 5.32 Å². The normalized spacial score (nSPS) is 37.6. The summed E-state index contributed by atoms with van der Waals surface area (Å²) in [5, 5.41) is 3.21. The molecule has 2 saturated heterocycles. The van der Waals surface area contributed by atoms with Gasteiger partial charge in [-0.15, -0.1) is 0 Å². The van der Waals surface area contributed by atoms with Crippen LogP contribution >= 0.6 is 0 Å². The second-order valence-corrected chi connectivity index (χ2v) is 6.59. The van der Waals surface area contributed by atoms with E-state index in [0.717, 1.165) is 19.5 Å². The summed E-state index contributed by atoms with van der Waals surface area (Å²) in [6.45, 7) is 4.18. The molecule has 1 atom stereocenters. The van der Waals surface area contributed by atoms with Crippen LogP contribution in [0.5, 0.6) is 0 Å². The molecule has 3 nitrogen and oxygen atoms in total. The van der Waals surface area contributed by atoms with Crippen molar-refractivity contribution < 1.29 is 8.42 Å². The molecule has 2 aliphatic heterocycles. The van der Waals surface area contributed by atoms with Crippen molar-refractivity contribution in [3.05, 3.63) is 0 Å². The Hall–Kier alpha value is -0.0900. The number of rotatable bonds is 1. The fourth-order valence-corrected chi connectivity index (χ4v) is 4.15. The van der Waals surface area contributed by atoms with Crippen LogP contribution in [0, 0.1) is 11.3 Å². The number of hydrogen-bond acceptors (Lipinski definition) is 3. The van der Waals surface area contributed by atoms with Crippen molar-refractivity contribution in [3.63, 3.8) is 0 Å². The molecule has 0 aromatic rings. The van der Waals surface area contributed by atoms with Crippen molar-refractivity contribution in [3.8, 4) is 0 Å². The molecular weight excluding hydrogens is 174 g/mol. The Morgan fingerprint density at radius 3 is 2.42 bits per heavy atom. The Labute approximate surface area is 73.5 Å². The van der Waals surface area contributed by atoms with Crippen molar-refractivity contribution in [2.24, 2.45) is 11.3 Å². The van der Waals surface area contributed by atoms with Crippen LogP contribution in [0.4, 0.5) is 0 Å². The molecule has 0 bridgehead atoms. The van der Waals surface area contributed by atoms with Gasteiger partial charge in [0.1, 0.15) is 0 Å². The molecule has 2 aliphatic rings. The zero-order chi connectivity index (χ0) is 8.82. The fraction of sp³-hybridized carbons (Fsp3) is 1.00. The van der Waals surface area contributed by atoms with E-state index in [1.54, 1.807) is 0 Å². The van der Waals surface area contributed by atoms with Gasteiger partial charge < -0.3 is 5.32 Å². The van der Waals surface area contributed by atoms with E-state index in [-0.39, 0.29) is 5.41 Å². The lowest BCUT2D eigenvalue weighted by molar-refractivity contribution is 0.117. The SMILES string of the molecule is CC1(C2CCS(=O)(=O)C2)CNC1. The summed E-state index contributed by atoms with van der Waals surface area (Å²) < 4.78 is 22.4. The third-order valence-electron chi connectivity index (χ3n) is 3.28. The lowest BCUT2D eigenvalue weighted by Gasteiger charge is -2.43. The van der Waals surface area contributed by atoms with Gasteiger partial charge >= 0.3 is 0 Å². The van der Waals surface area contributed by atoms with Crippen LogP contribution in [0.1, 0.15) is 13.3 Å². The molecule has 0 radical (unpaired) electrons. The Morgan fingerprint density at radius 1 is 1.42 bits per heavy atom. The highest BCUT2D eigenvalue weighted by atomic mass is 32.2. The second kappa shape index (κ2) is 2.45. The first-order chi connectivity index (χ1) is 5.52. The summed E-state index contributed by atoms with van der Waals surface area (Å²) in [6, 6.07) is 0. The predicted molar refractivity (Wildman–Crippen MR) is 47.7 cm³/mol. The minimum absolute atomic E-state index is 0.267. The molecule has 0 saturated carbocycles. The maximum atomic E-state index is 11.2. The van der Waals surface area contributed by atoms with Gasteiger partial charge in [0.05, 0.1) is 11.5 Å². The van der Waals surface area contributed by atoms with Crippen LogP contribution in [0.25, 0.3) is 0 Å². The third-order valence-corrected chi connectivity index (χ3v) is 5.04. The molecule has 1 N–H and O–H groups in total. The van der Waals surface area contributed by atoms with Gasteiger partial charge in [-0.2, -0.15) is 0 Å². The van der Waals surface area contributed by atoms with Crippen LogP contribution in [0.15, 0.2) is 0 Å². The van der Waals surface area contributed by atoms with E-state index in [9.17, 15) is 8.42 Å². The number of sulfone groups is 1.